The summed E-state index contributed by atoms with van der Waals surface area (Å²) in [6.45, 7) is 2.94. The highest BCUT2D eigenvalue weighted by Crippen LogP contribution is 2.13. The minimum absolute atomic E-state index is 0.0975. The summed E-state index contributed by atoms with van der Waals surface area (Å²) in [6.07, 6.45) is 18.2. The quantitative estimate of drug-likeness (QED) is 0.261. The molecule has 0 aromatic carbocycles. The predicted molar refractivity (Wildman–Crippen MR) is 121 cm³/mol. The fraction of sp³-hybridized carbons (Fsp3) is 0.818. The first-order valence-corrected chi connectivity index (χ1v) is 12.4. The molecule has 6 nitrogen and oxygen atoms in total. The molecule has 7 heteroatoms. The van der Waals surface area contributed by atoms with E-state index < -0.39 is 5.91 Å². The van der Waals surface area contributed by atoms with Crippen LogP contribution in [0.4, 0.5) is 0 Å². The first-order valence-electron chi connectivity index (χ1n) is 11.4. The molecule has 0 unspecified atom stereocenters. The molecule has 0 fully saturated rings. The molecule has 0 atom stereocenters. The monoisotopic (exact) mass is 425 g/mol. The Balaban J connectivity index is 1.83. The van der Waals surface area contributed by atoms with Crippen molar-refractivity contribution in [3.05, 3.63) is 0 Å². The molecule has 3 amide bonds. The second kappa shape index (κ2) is 17.5. The number of rotatable bonds is 17. The number of nitrogens with zero attached hydrogens (tertiary/aromatic N) is 1. The lowest BCUT2D eigenvalue weighted by molar-refractivity contribution is -0.127. The highest BCUT2D eigenvalue weighted by Gasteiger charge is 2.19. The fourth-order valence-electron chi connectivity index (χ4n) is 3.28. The van der Waals surface area contributed by atoms with Gasteiger partial charge in [-0.1, -0.05) is 102 Å². The van der Waals surface area contributed by atoms with Crippen LogP contribution in [0.3, 0.4) is 0 Å². The van der Waals surface area contributed by atoms with Gasteiger partial charge in [0.15, 0.2) is 5.17 Å². The van der Waals surface area contributed by atoms with E-state index in [2.05, 4.69) is 22.5 Å². The lowest BCUT2D eigenvalue weighted by Crippen LogP contribution is -2.36. The standard InChI is InChI=1S/C22H39N3O3S/c1-2-3-4-5-6-7-8-9-10-11-12-13-14-15-16-23-21(28)18-29-22-24-19(26)17-20(27)25-22/h2-18H2,1H3,(H,23,28)(H,24,25,26,27). The van der Waals surface area contributed by atoms with Crippen molar-refractivity contribution in [2.24, 2.45) is 4.99 Å². The molecule has 1 aliphatic heterocycles. The molecule has 0 spiro atoms. The molecule has 0 radical (unpaired) electrons. The van der Waals surface area contributed by atoms with Crippen molar-refractivity contribution < 1.29 is 14.4 Å². The smallest absolute Gasteiger partial charge is 0.257 e. The number of nitrogens with one attached hydrogen (secondary N) is 2. The molecule has 1 rings (SSSR count). The van der Waals surface area contributed by atoms with E-state index in [4.69, 9.17) is 0 Å². The maximum absolute atomic E-state index is 11.8. The number of hydrogen-bond donors (Lipinski definition) is 2. The van der Waals surface area contributed by atoms with Crippen molar-refractivity contribution in [3.63, 3.8) is 0 Å². The van der Waals surface area contributed by atoms with Gasteiger partial charge in [0, 0.05) is 6.54 Å². The van der Waals surface area contributed by atoms with E-state index in [1.165, 1.54) is 77.0 Å². The third-order valence-electron chi connectivity index (χ3n) is 4.98. The molecule has 0 bridgehead atoms. The maximum Gasteiger partial charge on any atom is 0.257 e. The van der Waals surface area contributed by atoms with Gasteiger partial charge in [0.25, 0.3) is 5.91 Å². The summed E-state index contributed by atoms with van der Waals surface area (Å²) in [4.78, 5) is 37.9. The van der Waals surface area contributed by atoms with Gasteiger partial charge in [-0.2, -0.15) is 4.99 Å². The Bertz CT molecular complexity index is 523. The fourth-order valence-corrected chi connectivity index (χ4v) is 4.00. The molecule has 166 valence electrons. The van der Waals surface area contributed by atoms with Crippen molar-refractivity contribution in [3.8, 4) is 0 Å². The Morgan fingerprint density at radius 1 is 0.897 bits per heavy atom. The third kappa shape index (κ3) is 15.2. The number of carbonyl (C=O) groups is 3. The summed E-state index contributed by atoms with van der Waals surface area (Å²) in [6, 6.07) is 0. The summed E-state index contributed by atoms with van der Waals surface area (Å²) < 4.78 is 0. The van der Waals surface area contributed by atoms with Gasteiger partial charge in [0.1, 0.15) is 6.42 Å². The second-order valence-electron chi connectivity index (χ2n) is 7.77. The Labute approximate surface area is 180 Å². The van der Waals surface area contributed by atoms with Crippen LogP contribution in [-0.4, -0.2) is 35.2 Å². The van der Waals surface area contributed by atoms with Crippen molar-refractivity contribution in [1.29, 1.82) is 0 Å². The van der Waals surface area contributed by atoms with Crippen LogP contribution >= 0.6 is 11.8 Å². The molecule has 29 heavy (non-hydrogen) atoms. The Hall–Kier alpha value is -1.37. The SMILES string of the molecule is CCCCCCCCCCCCCCCCNC(=O)CSC1=NC(=O)CC(=O)N1. The molecule has 0 aliphatic carbocycles. The summed E-state index contributed by atoms with van der Waals surface area (Å²) >= 11 is 1.09. The van der Waals surface area contributed by atoms with Gasteiger partial charge >= 0.3 is 0 Å². The average molecular weight is 426 g/mol. The zero-order valence-electron chi connectivity index (χ0n) is 18.1. The molecule has 0 saturated heterocycles. The van der Waals surface area contributed by atoms with Crippen LogP contribution in [-0.2, 0) is 14.4 Å². The van der Waals surface area contributed by atoms with Crippen molar-refractivity contribution in [2.75, 3.05) is 12.3 Å². The van der Waals surface area contributed by atoms with Crippen molar-refractivity contribution >= 4 is 34.7 Å². The second-order valence-corrected chi connectivity index (χ2v) is 8.73. The van der Waals surface area contributed by atoms with Gasteiger partial charge in [-0.05, 0) is 6.42 Å². The summed E-state index contributed by atoms with van der Waals surface area (Å²) in [5.74, 6) is -0.764. The van der Waals surface area contributed by atoms with E-state index in [1.807, 2.05) is 0 Å². The van der Waals surface area contributed by atoms with Crippen LogP contribution in [0, 0.1) is 0 Å². The van der Waals surface area contributed by atoms with Gasteiger partial charge < -0.3 is 10.6 Å². The van der Waals surface area contributed by atoms with Crippen LogP contribution in [0.2, 0.25) is 0 Å². The van der Waals surface area contributed by atoms with Crippen LogP contribution in [0.5, 0.6) is 0 Å². The molecule has 0 aromatic rings. The zero-order chi connectivity index (χ0) is 21.2. The van der Waals surface area contributed by atoms with E-state index in [1.54, 1.807) is 0 Å². The van der Waals surface area contributed by atoms with Crippen LogP contribution < -0.4 is 10.6 Å². The predicted octanol–water partition coefficient (Wildman–Crippen LogP) is 4.72. The first-order chi connectivity index (χ1) is 14.1. The number of amides is 3. The van der Waals surface area contributed by atoms with Gasteiger partial charge in [-0.25, -0.2) is 0 Å². The number of aliphatic imine (C=N–C) groups is 1. The molecule has 1 aliphatic rings. The van der Waals surface area contributed by atoms with Crippen molar-refractivity contribution in [1.82, 2.24) is 10.6 Å². The number of hydrogen-bond acceptors (Lipinski definition) is 4. The average Bonchev–Trinajstić information content (AvgIpc) is 2.68. The van der Waals surface area contributed by atoms with E-state index >= 15 is 0 Å². The highest BCUT2D eigenvalue weighted by molar-refractivity contribution is 8.14. The molecular formula is C22H39N3O3S. The van der Waals surface area contributed by atoms with E-state index in [-0.39, 0.29) is 29.2 Å². The number of unbranched alkanes of at least 4 members (excludes halogenated alkanes) is 13. The van der Waals surface area contributed by atoms with E-state index in [0.29, 0.717) is 6.54 Å². The van der Waals surface area contributed by atoms with E-state index in [9.17, 15) is 14.4 Å². The summed E-state index contributed by atoms with van der Waals surface area (Å²) in [5.41, 5.74) is 0. The molecule has 1 heterocycles. The minimum Gasteiger partial charge on any atom is -0.355 e. The maximum atomic E-state index is 11.8. The van der Waals surface area contributed by atoms with Gasteiger partial charge in [-0.3, -0.25) is 14.4 Å². The number of thioether (sulfide) groups is 1. The topological polar surface area (TPSA) is 87.6 Å². The minimum atomic E-state index is -0.459. The molecule has 0 aromatic heterocycles. The Morgan fingerprint density at radius 3 is 1.93 bits per heavy atom. The Kier molecular flexibility index (Phi) is 15.5. The lowest BCUT2D eigenvalue weighted by atomic mass is 10.0. The van der Waals surface area contributed by atoms with Gasteiger partial charge in [-0.15, -0.1) is 0 Å². The van der Waals surface area contributed by atoms with E-state index in [0.717, 1.165) is 24.6 Å². The summed E-state index contributed by atoms with van der Waals surface area (Å²) in [5, 5.41) is 5.59. The third-order valence-corrected chi connectivity index (χ3v) is 5.85. The molecule has 2 N–H and O–H groups in total. The van der Waals surface area contributed by atoms with Crippen LogP contribution in [0.1, 0.15) is 103 Å². The van der Waals surface area contributed by atoms with Gasteiger partial charge in [0.05, 0.1) is 5.75 Å². The Morgan fingerprint density at radius 2 is 1.41 bits per heavy atom. The molecular weight excluding hydrogens is 386 g/mol. The van der Waals surface area contributed by atoms with Crippen molar-refractivity contribution in [2.45, 2.75) is 103 Å². The largest absolute Gasteiger partial charge is 0.355 e. The zero-order valence-corrected chi connectivity index (χ0v) is 18.9. The molecule has 0 saturated carbocycles. The summed E-state index contributed by atoms with van der Waals surface area (Å²) in [7, 11) is 0. The van der Waals surface area contributed by atoms with Crippen LogP contribution in [0.15, 0.2) is 4.99 Å². The normalized spacial score (nSPS) is 13.9. The lowest BCUT2D eigenvalue weighted by Gasteiger charge is -2.11. The van der Waals surface area contributed by atoms with Crippen LogP contribution in [0.25, 0.3) is 0 Å². The number of amidine groups is 1. The van der Waals surface area contributed by atoms with Gasteiger partial charge in [0.2, 0.25) is 11.8 Å². The highest BCUT2D eigenvalue weighted by atomic mass is 32.2. The number of carbonyl (C=O) groups excluding carboxylic acids is 3. The first kappa shape index (κ1) is 25.7.